The summed E-state index contributed by atoms with van der Waals surface area (Å²) in [5.74, 6) is 1.99. The van der Waals surface area contributed by atoms with Gasteiger partial charge in [0, 0.05) is 18.4 Å². The summed E-state index contributed by atoms with van der Waals surface area (Å²) in [6.07, 6.45) is 10.0. The van der Waals surface area contributed by atoms with Crippen LogP contribution in [-0.2, 0) is 5.54 Å². The first kappa shape index (κ1) is 17.9. The van der Waals surface area contributed by atoms with Crippen molar-refractivity contribution in [3.8, 4) is 5.82 Å². The average molecular weight is 383 g/mol. The van der Waals surface area contributed by atoms with Crippen molar-refractivity contribution < 1.29 is 9.90 Å². The van der Waals surface area contributed by atoms with Crippen LogP contribution in [0.4, 0.5) is 0 Å². The number of hydrogen-bond acceptors (Lipinski definition) is 4. The molecule has 4 fully saturated rings. The van der Waals surface area contributed by atoms with Gasteiger partial charge in [-0.1, -0.05) is 0 Å². The highest BCUT2D eigenvalue weighted by Gasteiger charge is 2.55. The second-order valence-corrected chi connectivity index (χ2v) is 10.1. The Morgan fingerprint density at radius 3 is 2.50 bits per heavy atom. The molecule has 0 saturated heterocycles. The molecule has 0 radical (unpaired) electrons. The third-order valence-electron chi connectivity index (χ3n) is 6.88. The monoisotopic (exact) mass is 383 g/mol. The molecule has 0 aromatic carbocycles. The predicted octanol–water partition coefficient (Wildman–Crippen LogP) is 2.49. The van der Waals surface area contributed by atoms with Gasteiger partial charge in [-0.3, -0.25) is 4.79 Å². The van der Waals surface area contributed by atoms with Gasteiger partial charge in [0.15, 0.2) is 5.82 Å². The molecule has 7 heteroatoms. The van der Waals surface area contributed by atoms with Crippen molar-refractivity contribution in [2.24, 2.45) is 17.8 Å². The SMILES string of the molecule is CC(C)(C)n1ncc(C(=O)NC2[C@H]3CC4C[C@H]2CC(O)(C4)C3)c1-n1cccn1. The fraction of sp³-hybridized carbons (Fsp3) is 0.667. The minimum absolute atomic E-state index is 0.0922. The summed E-state index contributed by atoms with van der Waals surface area (Å²) >= 11 is 0. The van der Waals surface area contributed by atoms with Crippen molar-refractivity contribution >= 4 is 5.91 Å². The normalized spacial score (nSPS) is 34.0. The summed E-state index contributed by atoms with van der Waals surface area (Å²) < 4.78 is 3.57. The van der Waals surface area contributed by atoms with Crippen molar-refractivity contribution in [1.82, 2.24) is 24.9 Å². The maximum absolute atomic E-state index is 13.3. The molecule has 2 atom stereocenters. The molecule has 150 valence electrons. The van der Waals surface area contributed by atoms with Crippen LogP contribution < -0.4 is 5.32 Å². The molecule has 28 heavy (non-hydrogen) atoms. The van der Waals surface area contributed by atoms with E-state index in [0.29, 0.717) is 29.1 Å². The number of hydrogen-bond donors (Lipinski definition) is 2. The van der Waals surface area contributed by atoms with E-state index in [1.54, 1.807) is 17.1 Å². The first-order chi connectivity index (χ1) is 13.2. The van der Waals surface area contributed by atoms with Gasteiger partial charge < -0.3 is 10.4 Å². The van der Waals surface area contributed by atoms with Crippen molar-refractivity contribution in [2.75, 3.05) is 0 Å². The van der Waals surface area contributed by atoms with Crippen LogP contribution in [0.1, 0.15) is 63.2 Å². The lowest BCUT2D eigenvalue weighted by Crippen LogP contribution is -2.61. The molecule has 4 bridgehead atoms. The topological polar surface area (TPSA) is 85.0 Å². The van der Waals surface area contributed by atoms with Crippen LogP contribution in [0, 0.1) is 17.8 Å². The van der Waals surface area contributed by atoms with E-state index in [-0.39, 0.29) is 17.5 Å². The summed E-state index contributed by atoms with van der Waals surface area (Å²) in [5, 5.41) is 23.0. The van der Waals surface area contributed by atoms with Crippen LogP contribution in [0.3, 0.4) is 0 Å². The second kappa shape index (κ2) is 5.92. The summed E-state index contributed by atoms with van der Waals surface area (Å²) in [4.78, 5) is 13.3. The summed E-state index contributed by atoms with van der Waals surface area (Å²) in [6.45, 7) is 6.19. The Morgan fingerprint density at radius 1 is 1.21 bits per heavy atom. The van der Waals surface area contributed by atoms with Gasteiger partial charge in [-0.2, -0.15) is 10.2 Å². The highest BCUT2D eigenvalue weighted by molar-refractivity contribution is 5.97. The summed E-state index contributed by atoms with van der Waals surface area (Å²) in [5.41, 5.74) is -0.216. The standard InChI is InChI=1S/C21H29N5O2/c1-20(2,3)26-19(25-6-4-5-22-25)16(12-23-26)18(27)24-17-14-7-13-8-15(17)11-21(28,9-13)10-14/h4-6,12-15,17,28H,7-11H2,1-3H3,(H,24,27)/t13?,14-,15-,17?,21?/m0/s1. The molecular weight excluding hydrogens is 354 g/mol. The smallest absolute Gasteiger partial charge is 0.256 e. The second-order valence-electron chi connectivity index (χ2n) is 10.1. The molecule has 2 aromatic rings. The molecule has 7 nitrogen and oxygen atoms in total. The highest BCUT2D eigenvalue weighted by Crippen LogP contribution is 2.55. The number of aliphatic hydroxyl groups is 1. The van der Waals surface area contributed by atoms with Crippen LogP contribution in [-0.4, -0.2) is 42.2 Å². The highest BCUT2D eigenvalue weighted by atomic mass is 16.3. The van der Waals surface area contributed by atoms with Gasteiger partial charge in [0.25, 0.3) is 5.91 Å². The number of nitrogens with zero attached hydrogens (tertiary/aromatic N) is 4. The van der Waals surface area contributed by atoms with Gasteiger partial charge in [-0.15, -0.1) is 0 Å². The number of carbonyl (C=O) groups is 1. The predicted molar refractivity (Wildman–Crippen MR) is 104 cm³/mol. The average Bonchev–Trinajstić information content (AvgIpc) is 3.24. The van der Waals surface area contributed by atoms with E-state index in [4.69, 9.17) is 0 Å². The van der Waals surface area contributed by atoms with Crippen LogP contribution in [0.15, 0.2) is 24.7 Å². The van der Waals surface area contributed by atoms with Gasteiger partial charge in [0.05, 0.1) is 17.3 Å². The summed E-state index contributed by atoms with van der Waals surface area (Å²) in [6, 6.07) is 1.99. The van der Waals surface area contributed by atoms with E-state index in [1.807, 2.05) is 16.9 Å². The molecule has 1 amide bonds. The van der Waals surface area contributed by atoms with Gasteiger partial charge in [-0.25, -0.2) is 9.36 Å². The molecular formula is C21H29N5O2. The maximum Gasteiger partial charge on any atom is 0.256 e. The molecule has 4 aliphatic carbocycles. The largest absolute Gasteiger partial charge is 0.390 e. The van der Waals surface area contributed by atoms with Crippen LogP contribution in [0.25, 0.3) is 5.82 Å². The number of carbonyl (C=O) groups excluding carboxylic acids is 1. The van der Waals surface area contributed by atoms with Crippen LogP contribution >= 0.6 is 0 Å². The maximum atomic E-state index is 13.3. The van der Waals surface area contributed by atoms with E-state index in [0.717, 1.165) is 32.1 Å². The molecule has 6 rings (SSSR count). The van der Waals surface area contributed by atoms with Gasteiger partial charge in [0.2, 0.25) is 0 Å². The van der Waals surface area contributed by atoms with Crippen molar-refractivity contribution in [3.63, 3.8) is 0 Å². The fourth-order valence-electron chi connectivity index (χ4n) is 6.05. The Kier molecular flexibility index (Phi) is 3.79. The molecule has 4 saturated carbocycles. The Balaban J connectivity index is 1.45. The van der Waals surface area contributed by atoms with Gasteiger partial charge in [0.1, 0.15) is 5.56 Å². The van der Waals surface area contributed by atoms with Crippen LogP contribution in [0.5, 0.6) is 0 Å². The molecule has 2 heterocycles. The molecule has 0 unspecified atom stereocenters. The van der Waals surface area contributed by atoms with Crippen molar-refractivity contribution in [3.05, 3.63) is 30.2 Å². The zero-order chi connectivity index (χ0) is 19.7. The van der Waals surface area contributed by atoms with E-state index >= 15 is 0 Å². The first-order valence-corrected chi connectivity index (χ1v) is 10.4. The fourth-order valence-corrected chi connectivity index (χ4v) is 6.05. The third-order valence-corrected chi connectivity index (χ3v) is 6.88. The minimum atomic E-state index is -0.491. The van der Waals surface area contributed by atoms with Gasteiger partial charge in [-0.05, 0) is 76.7 Å². The molecule has 0 spiro atoms. The molecule has 0 aliphatic heterocycles. The van der Waals surface area contributed by atoms with Gasteiger partial charge >= 0.3 is 0 Å². The third kappa shape index (κ3) is 2.79. The lowest BCUT2D eigenvalue weighted by atomic mass is 9.52. The van der Waals surface area contributed by atoms with Crippen molar-refractivity contribution in [2.45, 2.75) is 70.1 Å². The minimum Gasteiger partial charge on any atom is -0.390 e. The number of nitrogens with one attached hydrogen (secondary N) is 1. The first-order valence-electron chi connectivity index (χ1n) is 10.4. The zero-order valence-corrected chi connectivity index (χ0v) is 16.8. The molecule has 2 aromatic heterocycles. The molecule has 4 aliphatic rings. The van der Waals surface area contributed by atoms with Crippen molar-refractivity contribution in [1.29, 1.82) is 0 Å². The quantitative estimate of drug-likeness (QED) is 0.853. The Hall–Kier alpha value is -2.15. The zero-order valence-electron chi connectivity index (χ0n) is 16.8. The Bertz CT molecular complexity index is 879. The van der Waals surface area contributed by atoms with E-state index in [9.17, 15) is 9.90 Å². The number of aromatic nitrogens is 4. The lowest BCUT2D eigenvalue weighted by molar-refractivity contribution is -0.136. The van der Waals surface area contributed by atoms with Crippen LogP contribution in [0.2, 0.25) is 0 Å². The Labute approximate surface area is 165 Å². The number of rotatable bonds is 3. The summed E-state index contributed by atoms with van der Waals surface area (Å²) in [7, 11) is 0. The molecule has 2 N–H and O–H groups in total. The van der Waals surface area contributed by atoms with E-state index in [1.165, 1.54) is 0 Å². The van der Waals surface area contributed by atoms with E-state index in [2.05, 4.69) is 36.3 Å². The number of amides is 1. The lowest BCUT2D eigenvalue weighted by Gasteiger charge is -2.58. The Morgan fingerprint density at radius 2 is 1.93 bits per heavy atom. The van der Waals surface area contributed by atoms with E-state index < -0.39 is 5.60 Å².